The molecule has 1 saturated carbocycles. The number of rotatable bonds is 5. The van der Waals surface area contributed by atoms with Gasteiger partial charge < -0.3 is 15.8 Å². The van der Waals surface area contributed by atoms with Gasteiger partial charge in [-0.05, 0) is 44.2 Å². The smallest absolute Gasteiger partial charge is 0.125 e. The molecule has 0 unspecified atom stereocenters. The van der Waals surface area contributed by atoms with Crippen LogP contribution < -0.4 is 11.1 Å². The highest BCUT2D eigenvalue weighted by molar-refractivity contribution is 5.34. The van der Waals surface area contributed by atoms with E-state index in [9.17, 15) is 0 Å². The second kappa shape index (κ2) is 6.71. The van der Waals surface area contributed by atoms with E-state index in [4.69, 9.17) is 10.5 Å². The Morgan fingerprint density at radius 2 is 2.11 bits per heavy atom. The van der Waals surface area contributed by atoms with Gasteiger partial charge in [0.15, 0.2) is 0 Å². The molecule has 1 aliphatic carbocycles. The molecular weight excluding hydrogens is 226 g/mol. The molecule has 0 bridgehead atoms. The predicted molar refractivity (Wildman–Crippen MR) is 73.6 cm³/mol. The van der Waals surface area contributed by atoms with E-state index in [-0.39, 0.29) is 0 Å². The molecule has 18 heavy (non-hydrogen) atoms. The fourth-order valence-corrected chi connectivity index (χ4v) is 2.23. The maximum Gasteiger partial charge on any atom is 0.125 e. The quantitative estimate of drug-likeness (QED) is 0.784. The molecule has 3 N–H and O–H groups in total. The van der Waals surface area contributed by atoms with Crippen LogP contribution in [0.2, 0.25) is 0 Å². The lowest BCUT2D eigenvalue weighted by atomic mass is 9.94. The van der Waals surface area contributed by atoms with E-state index in [2.05, 4.69) is 16.4 Å². The maximum atomic E-state index is 5.86. The second-order valence-corrected chi connectivity index (χ2v) is 5.06. The Morgan fingerprint density at radius 1 is 1.33 bits per heavy atom. The van der Waals surface area contributed by atoms with Crippen molar-refractivity contribution in [1.82, 2.24) is 4.98 Å². The normalized spacial score (nSPS) is 23.9. The minimum atomic E-state index is 0.389. The van der Waals surface area contributed by atoms with Crippen LogP contribution in [0.1, 0.15) is 31.2 Å². The Bertz CT molecular complexity index is 345. The van der Waals surface area contributed by atoms with Gasteiger partial charge in [0.25, 0.3) is 0 Å². The first kappa shape index (κ1) is 13.3. The van der Waals surface area contributed by atoms with E-state index in [0.717, 1.165) is 44.7 Å². The molecule has 0 aromatic carbocycles. The van der Waals surface area contributed by atoms with Crippen LogP contribution in [0.5, 0.6) is 0 Å². The number of hydrogen-bond acceptors (Lipinski definition) is 4. The molecule has 0 aliphatic heterocycles. The van der Waals surface area contributed by atoms with Crippen LogP contribution in [0, 0.1) is 6.92 Å². The molecule has 0 spiro atoms. The molecular formula is C14H23N3O. The van der Waals surface area contributed by atoms with Gasteiger partial charge in [0.2, 0.25) is 0 Å². The van der Waals surface area contributed by atoms with Gasteiger partial charge in [-0.25, -0.2) is 4.98 Å². The number of ether oxygens (including phenoxy) is 1. The molecule has 0 atom stereocenters. The lowest BCUT2D eigenvalue weighted by molar-refractivity contribution is 0.0313. The van der Waals surface area contributed by atoms with E-state index < -0.39 is 0 Å². The maximum absolute atomic E-state index is 5.86. The van der Waals surface area contributed by atoms with Crippen LogP contribution in [-0.4, -0.2) is 30.3 Å². The number of aryl methyl sites for hydroxylation is 1. The van der Waals surface area contributed by atoms with Crippen LogP contribution >= 0.6 is 0 Å². The zero-order valence-corrected chi connectivity index (χ0v) is 11.1. The zero-order chi connectivity index (χ0) is 12.8. The number of nitrogens with zero attached hydrogens (tertiary/aromatic N) is 1. The summed E-state index contributed by atoms with van der Waals surface area (Å²) in [6, 6.07) is 4.44. The Morgan fingerprint density at radius 3 is 2.78 bits per heavy atom. The molecule has 1 aliphatic rings. The third kappa shape index (κ3) is 4.27. The third-order valence-electron chi connectivity index (χ3n) is 3.39. The molecule has 0 radical (unpaired) electrons. The van der Waals surface area contributed by atoms with Gasteiger partial charge in [0.1, 0.15) is 5.82 Å². The van der Waals surface area contributed by atoms with Gasteiger partial charge in [-0.15, -0.1) is 0 Å². The van der Waals surface area contributed by atoms with Gasteiger partial charge in [-0.2, -0.15) is 0 Å². The molecule has 2 rings (SSSR count). The Balaban J connectivity index is 1.60. The highest BCUT2D eigenvalue weighted by atomic mass is 16.5. The summed E-state index contributed by atoms with van der Waals surface area (Å²) in [4.78, 5) is 4.29. The fourth-order valence-electron chi connectivity index (χ4n) is 2.23. The summed E-state index contributed by atoms with van der Waals surface area (Å²) in [6.45, 7) is 3.57. The van der Waals surface area contributed by atoms with E-state index >= 15 is 0 Å². The summed E-state index contributed by atoms with van der Waals surface area (Å²) in [5.74, 6) is 0.912. The summed E-state index contributed by atoms with van der Waals surface area (Å²) >= 11 is 0. The SMILES string of the molecule is Cc1ccc(NCCOC2CCC(N)CC2)nc1. The Hall–Kier alpha value is -1.13. The molecule has 4 heteroatoms. The number of aromatic nitrogens is 1. The van der Waals surface area contributed by atoms with Crippen molar-refractivity contribution in [2.45, 2.75) is 44.8 Å². The number of hydrogen-bond donors (Lipinski definition) is 2. The van der Waals surface area contributed by atoms with E-state index in [1.807, 2.05) is 19.2 Å². The first-order valence-electron chi connectivity index (χ1n) is 6.78. The van der Waals surface area contributed by atoms with Crippen molar-refractivity contribution in [1.29, 1.82) is 0 Å². The highest BCUT2D eigenvalue weighted by Gasteiger charge is 2.18. The molecule has 4 nitrogen and oxygen atoms in total. The lowest BCUT2D eigenvalue weighted by Crippen LogP contribution is -2.31. The average Bonchev–Trinajstić information content (AvgIpc) is 2.39. The predicted octanol–water partition coefficient (Wildman–Crippen LogP) is 2.09. The van der Waals surface area contributed by atoms with Crippen LogP contribution in [-0.2, 0) is 4.74 Å². The van der Waals surface area contributed by atoms with Gasteiger partial charge >= 0.3 is 0 Å². The van der Waals surface area contributed by atoms with Crippen LogP contribution in [0.15, 0.2) is 18.3 Å². The molecule has 1 aromatic heterocycles. The van der Waals surface area contributed by atoms with Gasteiger partial charge in [0.05, 0.1) is 12.7 Å². The van der Waals surface area contributed by atoms with Gasteiger partial charge in [-0.3, -0.25) is 0 Å². The standard InChI is InChI=1S/C14H23N3O/c1-11-2-7-14(17-10-11)16-8-9-18-13-5-3-12(15)4-6-13/h2,7,10,12-13H,3-6,8-9,15H2,1H3,(H,16,17). The molecule has 0 amide bonds. The average molecular weight is 249 g/mol. The first-order chi connectivity index (χ1) is 8.74. The molecule has 1 fully saturated rings. The van der Waals surface area contributed by atoms with Crippen LogP contribution in [0.3, 0.4) is 0 Å². The van der Waals surface area contributed by atoms with Crippen LogP contribution in [0.4, 0.5) is 5.82 Å². The van der Waals surface area contributed by atoms with E-state index in [1.165, 1.54) is 5.56 Å². The van der Waals surface area contributed by atoms with Crippen molar-refractivity contribution in [3.05, 3.63) is 23.9 Å². The summed E-state index contributed by atoms with van der Waals surface area (Å²) in [5, 5.41) is 3.26. The van der Waals surface area contributed by atoms with E-state index in [1.54, 1.807) is 0 Å². The fraction of sp³-hybridized carbons (Fsp3) is 0.643. The highest BCUT2D eigenvalue weighted by Crippen LogP contribution is 2.19. The molecule has 100 valence electrons. The topological polar surface area (TPSA) is 60.2 Å². The largest absolute Gasteiger partial charge is 0.376 e. The van der Waals surface area contributed by atoms with Crippen molar-refractivity contribution >= 4 is 5.82 Å². The third-order valence-corrected chi connectivity index (χ3v) is 3.39. The lowest BCUT2D eigenvalue weighted by Gasteiger charge is -2.26. The van der Waals surface area contributed by atoms with Gasteiger partial charge in [-0.1, -0.05) is 6.07 Å². The summed E-state index contributed by atoms with van der Waals surface area (Å²) in [5.41, 5.74) is 7.04. The van der Waals surface area contributed by atoms with E-state index in [0.29, 0.717) is 12.1 Å². The minimum Gasteiger partial charge on any atom is -0.376 e. The molecule has 0 saturated heterocycles. The van der Waals surface area contributed by atoms with Crippen molar-refractivity contribution < 1.29 is 4.74 Å². The summed E-state index contributed by atoms with van der Waals surface area (Å²) in [6.07, 6.45) is 6.66. The van der Waals surface area contributed by atoms with Crippen molar-refractivity contribution in [3.8, 4) is 0 Å². The number of nitrogens with two attached hydrogens (primary N) is 1. The molecule has 1 heterocycles. The second-order valence-electron chi connectivity index (χ2n) is 5.06. The zero-order valence-electron chi connectivity index (χ0n) is 11.1. The molecule has 1 aromatic rings. The first-order valence-corrected chi connectivity index (χ1v) is 6.78. The summed E-state index contributed by atoms with van der Waals surface area (Å²) in [7, 11) is 0. The van der Waals surface area contributed by atoms with Gasteiger partial charge in [0, 0.05) is 18.8 Å². The minimum absolute atomic E-state index is 0.389. The Kier molecular flexibility index (Phi) is 4.96. The van der Waals surface area contributed by atoms with Crippen molar-refractivity contribution in [2.24, 2.45) is 5.73 Å². The van der Waals surface area contributed by atoms with Crippen LogP contribution in [0.25, 0.3) is 0 Å². The summed E-state index contributed by atoms with van der Waals surface area (Å²) < 4.78 is 5.83. The number of nitrogens with one attached hydrogen (secondary N) is 1. The number of anilines is 1. The Labute approximate surface area is 109 Å². The van der Waals surface area contributed by atoms with Crippen molar-refractivity contribution in [3.63, 3.8) is 0 Å². The van der Waals surface area contributed by atoms with Crippen molar-refractivity contribution in [2.75, 3.05) is 18.5 Å². The number of pyridine rings is 1. The monoisotopic (exact) mass is 249 g/mol.